The number of pyridine rings is 1. The normalized spacial score (nSPS) is 13.3. The number of nitrogens with one attached hydrogen (secondary N) is 1. The number of anilines is 2. The zero-order valence-electron chi connectivity index (χ0n) is 22.1. The molecule has 39 heavy (non-hydrogen) atoms. The van der Waals surface area contributed by atoms with Gasteiger partial charge in [-0.1, -0.05) is 30.7 Å². The molecule has 202 valence electrons. The van der Waals surface area contributed by atoms with E-state index in [9.17, 15) is 4.79 Å². The molecule has 1 aliphatic heterocycles. The van der Waals surface area contributed by atoms with Crippen molar-refractivity contribution < 1.29 is 9.53 Å². The maximum Gasteiger partial charge on any atom is 0.246 e. The van der Waals surface area contributed by atoms with Gasteiger partial charge in [-0.2, -0.15) is 0 Å². The third kappa shape index (κ3) is 6.55. The highest BCUT2D eigenvalue weighted by atomic mass is 35.5. The molecule has 4 heterocycles. The van der Waals surface area contributed by atoms with E-state index in [0.29, 0.717) is 30.5 Å². The number of amides is 1. The van der Waals surface area contributed by atoms with Gasteiger partial charge in [0.25, 0.3) is 0 Å². The fourth-order valence-corrected chi connectivity index (χ4v) is 5.87. The smallest absolute Gasteiger partial charge is 0.246 e. The molecular formula is C29H31ClN6O2S. The summed E-state index contributed by atoms with van der Waals surface area (Å²) in [5.41, 5.74) is 2.98. The number of fused-ring (bicyclic) bond motifs is 3. The lowest BCUT2D eigenvalue weighted by Gasteiger charge is -2.26. The molecule has 0 spiro atoms. The number of hydrogen-bond acceptors (Lipinski definition) is 8. The first-order valence-corrected chi connectivity index (χ1v) is 14.2. The van der Waals surface area contributed by atoms with Crippen molar-refractivity contribution in [2.75, 3.05) is 32.0 Å². The fraction of sp³-hybridized carbons (Fsp3) is 0.310. The molecule has 0 unspecified atom stereocenters. The first-order chi connectivity index (χ1) is 19.0. The summed E-state index contributed by atoms with van der Waals surface area (Å²) in [6.45, 7) is 5.72. The lowest BCUT2D eigenvalue weighted by Crippen LogP contribution is -2.34. The number of carbonyl (C=O) groups excluding carboxylic acids is 1. The van der Waals surface area contributed by atoms with Crippen molar-refractivity contribution in [3.05, 3.63) is 82.2 Å². The van der Waals surface area contributed by atoms with Crippen molar-refractivity contribution >= 4 is 50.6 Å². The van der Waals surface area contributed by atoms with Gasteiger partial charge < -0.3 is 19.9 Å². The first-order valence-electron chi connectivity index (χ1n) is 13.0. The highest BCUT2D eigenvalue weighted by Gasteiger charge is 2.25. The number of halogens is 1. The molecule has 1 aromatic carbocycles. The van der Waals surface area contributed by atoms with Gasteiger partial charge in [0.15, 0.2) is 0 Å². The van der Waals surface area contributed by atoms with Gasteiger partial charge in [0.1, 0.15) is 29.3 Å². The molecule has 0 radical (unpaired) electrons. The van der Waals surface area contributed by atoms with Gasteiger partial charge in [0.05, 0.1) is 17.0 Å². The summed E-state index contributed by atoms with van der Waals surface area (Å²) in [4.78, 5) is 32.2. The third-order valence-corrected chi connectivity index (χ3v) is 8.16. The van der Waals surface area contributed by atoms with Crippen LogP contribution in [0, 0.1) is 0 Å². The van der Waals surface area contributed by atoms with E-state index in [0.717, 1.165) is 58.1 Å². The number of aromatic nitrogens is 3. The maximum atomic E-state index is 12.8. The van der Waals surface area contributed by atoms with E-state index in [4.69, 9.17) is 16.3 Å². The Morgan fingerprint density at radius 2 is 2.21 bits per heavy atom. The molecule has 1 N–H and O–H groups in total. The van der Waals surface area contributed by atoms with Crippen molar-refractivity contribution in [2.45, 2.75) is 32.9 Å². The predicted molar refractivity (Wildman–Crippen MR) is 157 cm³/mol. The minimum atomic E-state index is 0.0576. The summed E-state index contributed by atoms with van der Waals surface area (Å²) in [5.74, 6) is 1.39. The Kier molecular flexibility index (Phi) is 8.71. The Hall–Kier alpha value is -3.53. The average molecular weight is 563 g/mol. The number of hydrogen-bond donors (Lipinski definition) is 1. The predicted octanol–water partition coefficient (Wildman–Crippen LogP) is 5.85. The number of rotatable bonds is 10. The second-order valence-corrected chi connectivity index (χ2v) is 10.9. The van der Waals surface area contributed by atoms with Gasteiger partial charge in [0, 0.05) is 41.6 Å². The van der Waals surface area contributed by atoms with Crippen LogP contribution in [0.2, 0.25) is 5.02 Å². The Bertz CT molecular complexity index is 1480. The summed E-state index contributed by atoms with van der Waals surface area (Å²) in [6, 6.07) is 9.43. The highest BCUT2D eigenvalue weighted by Crippen LogP contribution is 2.38. The van der Waals surface area contributed by atoms with Gasteiger partial charge in [-0.05, 0) is 62.3 Å². The van der Waals surface area contributed by atoms with Crippen LogP contribution in [0.4, 0.5) is 11.5 Å². The van der Waals surface area contributed by atoms with Crippen LogP contribution in [-0.2, 0) is 24.4 Å². The topological polar surface area (TPSA) is 83.5 Å². The molecule has 10 heteroatoms. The highest BCUT2D eigenvalue weighted by molar-refractivity contribution is 7.19. The van der Waals surface area contributed by atoms with Crippen molar-refractivity contribution in [1.29, 1.82) is 0 Å². The van der Waals surface area contributed by atoms with Crippen LogP contribution in [0.1, 0.15) is 29.3 Å². The van der Waals surface area contributed by atoms with Crippen molar-refractivity contribution in [1.82, 2.24) is 24.8 Å². The molecule has 0 bridgehead atoms. The lowest BCUT2D eigenvalue weighted by atomic mass is 10.0. The van der Waals surface area contributed by atoms with E-state index < -0.39 is 0 Å². The number of benzene rings is 1. The molecule has 0 saturated heterocycles. The Morgan fingerprint density at radius 1 is 1.31 bits per heavy atom. The van der Waals surface area contributed by atoms with Crippen molar-refractivity contribution in [3.8, 4) is 5.75 Å². The first kappa shape index (κ1) is 27.1. The Morgan fingerprint density at radius 3 is 3.00 bits per heavy atom. The molecular weight excluding hydrogens is 532 g/mol. The number of nitrogens with zero attached hydrogens (tertiary/aromatic N) is 5. The molecule has 5 rings (SSSR count). The summed E-state index contributed by atoms with van der Waals surface area (Å²) in [6.07, 6.45) is 10.4. The monoisotopic (exact) mass is 562 g/mol. The number of carbonyl (C=O) groups is 1. The molecule has 1 aliphatic rings. The van der Waals surface area contributed by atoms with E-state index in [2.05, 4.69) is 39.1 Å². The molecule has 3 aromatic heterocycles. The van der Waals surface area contributed by atoms with Crippen molar-refractivity contribution in [3.63, 3.8) is 0 Å². The molecule has 0 fully saturated rings. The standard InChI is InChI=1S/C29H31ClN6O2S/c1-3-35(2)13-5-4-8-26(37)36-14-11-22-25(17-36)39-29-27(22)28(32-19-33-29)34-21-9-10-24(23(30)15-21)38-18-20-7-6-12-31-16-20/h4,6-10,12,15-16,19H,3,5,11,13-14,17-18H2,1-2H3,(H,32,33,34)/b8-4+. The van der Waals surface area contributed by atoms with Crippen LogP contribution in [0.25, 0.3) is 10.2 Å². The van der Waals surface area contributed by atoms with Crippen LogP contribution in [0.15, 0.2) is 61.2 Å². The lowest BCUT2D eigenvalue weighted by molar-refractivity contribution is -0.126. The summed E-state index contributed by atoms with van der Waals surface area (Å²) in [5, 5.41) is 4.93. The van der Waals surface area contributed by atoms with E-state index in [-0.39, 0.29) is 5.91 Å². The molecule has 4 aromatic rings. The van der Waals surface area contributed by atoms with E-state index in [1.807, 2.05) is 41.3 Å². The van der Waals surface area contributed by atoms with Gasteiger partial charge in [-0.25, -0.2) is 9.97 Å². The fourth-order valence-electron chi connectivity index (χ4n) is 4.43. The number of thiophene rings is 1. The van der Waals surface area contributed by atoms with Crippen LogP contribution in [0.5, 0.6) is 5.75 Å². The minimum absolute atomic E-state index is 0.0576. The second-order valence-electron chi connectivity index (χ2n) is 9.42. The summed E-state index contributed by atoms with van der Waals surface area (Å²) in [7, 11) is 2.08. The molecule has 0 aliphatic carbocycles. The second kappa shape index (κ2) is 12.5. The van der Waals surface area contributed by atoms with Gasteiger partial charge in [-0.15, -0.1) is 11.3 Å². The van der Waals surface area contributed by atoms with Gasteiger partial charge >= 0.3 is 0 Å². The van der Waals surface area contributed by atoms with E-state index >= 15 is 0 Å². The molecule has 1 amide bonds. The zero-order valence-corrected chi connectivity index (χ0v) is 23.6. The van der Waals surface area contributed by atoms with E-state index in [1.54, 1.807) is 36.1 Å². The molecule has 8 nitrogen and oxygen atoms in total. The van der Waals surface area contributed by atoms with Crippen LogP contribution in [0.3, 0.4) is 0 Å². The average Bonchev–Trinajstić information content (AvgIpc) is 3.34. The van der Waals surface area contributed by atoms with Gasteiger partial charge in [0.2, 0.25) is 5.91 Å². The zero-order chi connectivity index (χ0) is 27.2. The Labute approximate surface area is 237 Å². The maximum absolute atomic E-state index is 12.8. The summed E-state index contributed by atoms with van der Waals surface area (Å²) < 4.78 is 5.87. The quantitative estimate of drug-likeness (QED) is 0.243. The van der Waals surface area contributed by atoms with Crippen LogP contribution >= 0.6 is 22.9 Å². The van der Waals surface area contributed by atoms with Crippen LogP contribution in [-0.4, -0.2) is 57.3 Å². The van der Waals surface area contributed by atoms with Crippen molar-refractivity contribution in [2.24, 2.45) is 0 Å². The summed E-state index contributed by atoms with van der Waals surface area (Å²) >= 11 is 8.16. The SMILES string of the molecule is CCN(C)CC/C=C/C(=O)N1CCc2c(sc3ncnc(Nc4ccc(OCc5cccnc5)c(Cl)c4)c23)C1. The largest absolute Gasteiger partial charge is 0.487 e. The number of ether oxygens (including phenoxy) is 1. The van der Waals surface area contributed by atoms with Gasteiger partial charge in [-0.3, -0.25) is 9.78 Å². The molecule has 0 saturated carbocycles. The third-order valence-electron chi connectivity index (χ3n) is 6.74. The minimum Gasteiger partial charge on any atom is -0.487 e. The van der Waals surface area contributed by atoms with Crippen LogP contribution < -0.4 is 10.1 Å². The molecule has 0 atom stereocenters. The van der Waals surface area contributed by atoms with E-state index in [1.165, 1.54) is 5.56 Å². The Balaban J connectivity index is 1.27.